The molecule has 0 spiro atoms. The van der Waals surface area contributed by atoms with E-state index in [9.17, 15) is 0 Å². The van der Waals surface area contributed by atoms with Gasteiger partial charge in [0.15, 0.2) is 0 Å². The number of thioether (sulfide) groups is 1. The maximum Gasteiger partial charge on any atom is 0.0564 e. The summed E-state index contributed by atoms with van der Waals surface area (Å²) in [5.74, 6) is 0. The predicted octanol–water partition coefficient (Wildman–Crippen LogP) is 1.17. The van der Waals surface area contributed by atoms with Crippen LogP contribution in [0.1, 0.15) is 25.6 Å². The molecule has 0 aliphatic carbocycles. The van der Waals surface area contributed by atoms with Crippen molar-refractivity contribution in [3.8, 4) is 0 Å². The zero-order valence-corrected chi connectivity index (χ0v) is 10.2. The van der Waals surface area contributed by atoms with Crippen LogP contribution in [0.5, 0.6) is 0 Å². The zero-order chi connectivity index (χ0) is 11.3. The van der Waals surface area contributed by atoms with Crippen LogP contribution >= 0.6 is 11.8 Å². The fraction of sp³-hybridized carbons (Fsp3) is 0.700. The van der Waals surface area contributed by atoms with Crippen molar-refractivity contribution in [3.63, 3.8) is 0 Å². The van der Waals surface area contributed by atoms with Crippen LogP contribution in [0.2, 0.25) is 0 Å². The van der Waals surface area contributed by atoms with Gasteiger partial charge in [0.1, 0.15) is 0 Å². The van der Waals surface area contributed by atoms with Crippen LogP contribution in [0.15, 0.2) is 12.3 Å². The third-order valence-electron chi connectivity index (χ3n) is 2.54. The Morgan fingerprint density at radius 3 is 2.80 bits per heavy atom. The maximum absolute atomic E-state index is 9.16. The highest BCUT2D eigenvalue weighted by atomic mass is 32.2. The SMILES string of the molecule is CSC(CO)C(C)NC(C)c1ccn[nH]1. The highest BCUT2D eigenvalue weighted by molar-refractivity contribution is 7.99. The number of rotatable bonds is 6. The molecule has 4 nitrogen and oxygen atoms in total. The van der Waals surface area contributed by atoms with E-state index < -0.39 is 0 Å². The number of nitrogens with one attached hydrogen (secondary N) is 2. The molecule has 0 aliphatic heterocycles. The van der Waals surface area contributed by atoms with Crippen molar-refractivity contribution >= 4 is 11.8 Å². The summed E-state index contributed by atoms with van der Waals surface area (Å²) in [4.78, 5) is 0. The lowest BCUT2D eigenvalue weighted by atomic mass is 10.1. The van der Waals surface area contributed by atoms with Crippen LogP contribution < -0.4 is 5.32 Å². The normalized spacial score (nSPS) is 17.3. The van der Waals surface area contributed by atoms with Crippen molar-refractivity contribution in [1.82, 2.24) is 15.5 Å². The monoisotopic (exact) mass is 229 g/mol. The first-order chi connectivity index (χ1) is 7.19. The first-order valence-electron chi connectivity index (χ1n) is 5.08. The van der Waals surface area contributed by atoms with E-state index >= 15 is 0 Å². The van der Waals surface area contributed by atoms with Crippen molar-refractivity contribution in [2.24, 2.45) is 0 Å². The van der Waals surface area contributed by atoms with Crippen LogP contribution in [-0.2, 0) is 0 Å². The van der Waals surface area contributed by atoms with Crippen LogP contribution in [0, 0.1) is 0 Å². The van der Waals surface area contributed by atoms with Crippen LogP contribution in [-0.4, -0.2) is 39.5 Å². The molecule has 1 rings (SSSR count). The van der Waals surface area contributed by atoms with Gasteiger partial charge in [-0.05, 0) is 26.2 Å². The van der Waals surface area contributed by atoms with Gasteiger partial charge in [0.05, 0.1) is 12.3 Å². The summed E-state index contributed by atoms with van der Waals surface area (Å²) in [6.07, 6.45) is 3.76. The van der Waals surface area contributed by atoms with Gasteiger partial charge >= 0.3 is 0 Å². The average molecular weight is 229 g/mol. The van der Waals surface area contributed by atoms with E-state index in [1.54, 1.807) is 18.0 Å². The molecule has 3 atom stereocenters. The van der Waals surface area contributed by atoms with Gasteiger partial charge in [-0.2, -0.15) is 16.9 Å². The summed E-state index contributed by atoms with van der Waals surface area (Å²) in [5.41, 5.74) is 1.07. The number of H-pyrrole nitrogens is 1. The average Bonchev–Trinajstić information content (AvgIpc) is 2.72. The minimum Gasteiger partial charge on any atom is -0.395 e. The molecule has 1 heterocycles. The smallest absolute Gasteiger partial charge is 0.0564 e. The number of aromatic amines is 1. The zero-order valence-electron chi connectivity index (χ0n) is 9.40. The Kier molecular flexibility index (Phi) is 5.14. The molecule has 0 fully saturated rings. The molecule has 0 bridgehead atoms. The van der Waals surface area contributed by atoms with Gasteiger partial charge in [0, 0.05) is 23.5 Å². The highest BCUT2D eigenvalue weighted by Gasteiger charge is 2.18. The summed E-state index contributed by atoms with van der Waals surface area (Å²) in [6, 6.07) is 2.45. The lowest BCUT2D eigenvalue weighted by Gasteiger charge is -2.24. The second-order valence-corrected chi connectivity index (χ2v) is 4.72. The van der Waals surface area contributed by atoms with E-state index in [2.05, 4.69) is 29.4 Å². The minimum atomic E-state index is 0.199. The van der Waals surface area contributed by atoms with Gasteiger partial charge in [0.2, 0.25) is 0 Å². The number of nitrogens with zero attached hydrogens (tertiary/aromatic N) is 1. The van der Waals surface area contributed by atoms with Gasteiger partial charge < -0.3 is 10.4 Å². The minimum absolute atomic E-state index is 0.199. The Morgan fingerprint density at radius 1 is 1.60 bits per heavy atom. The fourth-order valence-electron chi connectivity index (χ4n) is 1.54. The molecule has 0 aromatic carbocycles. The molecule has 1 aromatic rings. The van der Waals surface area contributed by atoms with E-state index in [0.717, 1.165) is 5.69 Å². The van der Waals surface area contributed by atoms with Crippen LogP contribution in [0.4, 0.5) is 0 Å². The first-order valence-corrected chi connectivity index (χ1v) is 6.36. The van der Waals surface area contributed by atoms with E-state index in [1.807, 2.05) is 12.3 Å². The molecule has 0 aliphatic rings. The van der Waals surface area contributed by atoms with Crippen LogP contribution in [0.3, 0.4) is 0 Å². The lowest BCUT2D eigenvalue weighted by molar-refractivity contribution is 0.271. The molecule has 15 heavy (non-hydrogen) atoms. The summed E-state index contributed by atoms with van der Waals surface area (Å²) in [6.45, 7) is 4.37. The summed E-state index contributed by atoms with van der Waals surface area (Å²) >= 11 is 1.68. The molecule has 86 valence electrons. The Bertz CT molecular complexity index is 262. The molecule has 0 saturated carbocycles. The molecule has 3 N–H and O–H groups in total. The largest absolute Gasteiger partial charge is 0.395 e. The predicted molar refractivity (Wildman–Crippen MR) is 64.0 cm³/mol. The number of aromatic nitrogens is 2. The molecule has 5 heteroatoms. The second-order valence-electron chi connectivity index (χ2n) is 3.65. The summed E-state index contributed by atoms with van der Waals surface area (Å²) < 4.78 is 0. The standard InChI is InChI=1S/C10H19N3OS/c1-7(9-4-5-11-13-9)12-8(2)10(6-14)15-3/h4-5,7-8,10,12,14H,6H2,1-3H3,(H,11,13). The van der Waals surface area contributed by atoms with Crippen molar-refractivity contribution in [2.45, 2.75) is 31.2 Å². The highest BCUT2D eigenvalue weighted by Crippen LogP contribution is 2.15. The third kappa shape index (κ3) is 3.52. The Balaban J connectivity index is 2.47. The van der Waals surface area contributed by atoms with Gasteiger partial charge in [-0.3, -0.25) is 5.10 Å². The van der Waals surface area contributed by atoms with Crippen molar-refractivity contribution < 1.29 is 5.11 Å². The molecule has 0 amide bonds. The van der Waals surface area contributed by atoms with Crippen molar-refractivity contribution in [3.05, 3.63) is 18.0 Å². The molecule has 0 radical (unpaired) electrons. The third-order valence-corrected chi connectivity index (χ3v) is 3.70. The van der Waals surface area contributed by atoms with Crippen molar-refractivity contribution in [2.75, 3.05) is 12.9 Å². The van der Waals surface area contributed by atoms with Gasteiger partial charge in [-0.15, -0.1) is 0 Å². The molecule has 1 aromatic heterocycles. The second kappa shape index (κ2) is 6.15. The molecule has 0 saturated heterocycles. The Labute approximate surface area is 94.9 Å². The number of aliphatic hydroxyl groups is 1. The summed E-state index contributed by atoms with van der Waals surface area (Å²) in [5, 5.41) is 19.7. The van der Waals surface area contributed by atoms with E-state index in [0.29, 0.717) is 0 Å². The fourth-order valence-corrected chi connectivity index (χ4v) is 2.17. The maximum atomic E-state index is 9.16. The molecular weight excluding hydrogens is 210 g/mol. The number of hydrogen-bond acceptors (Lipinski definition) is 4. The van der Waals surface area contributed by atoms with E-state index in [4.69, 9.17) is 5.11 Å². The number of hydrogen-bond donors (Lipinski definition) is 3. The van der Waals surface area contributed by atoms with Crippen molar-refractivity contribution in [1.29, 1.82) is 0 Å². The quantitative estimate of drug-likeness (QED) is 0.685. The summed E-state index contributed by atoms with van der Waals surface area (Å²) in [7, 11) is 0. The Morgan fingerprint density at radius 2 is 2.33 bits per heavy atom. The number of aliphatic hydroxyl groups excluding tert-OH is 1. The molecule has 3 unspecified atom stereocenters. The Hall–Kier alpha value is -0.520. The van der Waals surface area contributed by atoms with E-state index in [-0.39, 0.29) is 23.9 Å². The van der Waals surface area contributed by atoms with Crippen LogP contribution in [0.25, 0.3) is 0 Å². The topological polar surface area (TPSA) is 60.9 Å². The van der Waals surface area contributed by atoms with Gasteiger partial charge in [-0.25, -0.2) is 0 Å². The van der Waals surface area contributed by atoms with Gasteiger partial charge in [0.25, 0.3) is 0 Å². The van der Waals surface area contributed by atoms with Gasteiger partial charge in [-0.1, -0.05) is 0 Å². The van der Waals surface area contributed by atoms with E-state index in [1.165, 1.54) is 0 Å². The lowest BCUT2D eigenvalue weighted by Crippen LogP contribution is -2.39. The molecular formula is C10H19N3OS. The first kappa shape index (κ1) is 12.5.